The van der Waals surface area contributed by atoms with Crippen molar-refractivity contribution in [3.8, 4) is 0 Å². The lowest BCUT2D eigenvalue weighted by atomic mass is 10.0. The largest absolute Gasteiger partial charge is 0.304 e. The molecule has 0 spiro atoms. The number of hydrogen-bond donors (Lipinski definition) is 0. The van der Waals surface area contributed by atoms with Crippen LogP contribution in [0.2, 0.25) is 0 Å². The van der Waals surface area contributed by atoms with Crippen LogP contribution in [0.4, 0.5) is 0 Å². The summed E-state index contributed by atoms with van der Waals surface area (Å²) in [5.74, 6) is 0.737. The van der Waals surface area contributed by atoms with Gasteiger partial charge in [-0.1, -0.05) is 13.8 Å². The Kier molecular flexibility index (Phi) is 5.03. The van der Waals surface area contributed by atoms with Crippen molar-refractivity contribution in [2.24, 2.45) is 5.92 Å². The third kappa shape index (κ3) is 4.09. The fraction of sp³-hybridized carbons (Fsp3) is 1.00. The molecule has 1 aliphatic rings. The van der Waals surface area contributed by atoms with Crippen LogP contribution in [0, 0.1) is 5.92 Å². The molecule has 15 heavy (non-hydrogen) atoms. The Morgan fingerprint density at radius 2 is 1.40 bits per heavy atom. The second-order valence-corrected chi connectivity index (χ2v) is 5.36. The standard InChI is InChI=1S/C12H27N3/c1-11(2)12-10-14(4)7-6-13(3)8-9-15(12)5/h11-12H,6-10H2,1-5H3/t12-/m1/s1. The molecule has 0 aromatic carbocycles. The van der Waals surface area contributed by atoms with Crippen LogP contribution in [0.25, 0.3) is 0 Å². The Labute approximate surface area is 95.0 Å². The van der Waals surface area contributed by atoms with Crippen molar-refractivity contribution in [1.82, 2.24) is 14.7 Å². The van der Waals surface area contributed by atoms with E-state index < -0.39 is 0 Å². The molecule has 0 N–H and O–H groups in total. The van der Waals surface area contributed by atoms with E-state index in [9.17, 15) is 0 Å². The fourth-order valence-corrected chi connectivity index (χ4v) is 2.22. The van der Waals surface area contributed by atoms with Gasteiger partial charge in [-0.05, 0) is 27.1 Å². The molecular weight excluding hydrogens is 186 g/mol. The summed E-state index contributed by atoms with van der Waals surface area (Å²) in [6.45, 7) is 10.6. The summed E-state index contributed by atoms with van der Waals surface area (Å²) in [6.07, 6.45) is 0. The highest BCUT2D eigenvalue weighted by atomic mass is 15.3. The molecule has 1 aliphatic heterocycles. The highest BCUT2D eigenvalue weighted by molar-refractivity contribution is 4.78. The molecule has 0 radical (unpaired) electrons. The molecule has 1 atom stereocenters. The van der Waals surface area contributed by atoms with E-state index in [2.05, 4.69) is 49.7 Å². The van der Waals surface area contributed by atoms with Gasteiger partial charge in [0.1, 0.15) is 0 Å². The Morgan fingerprint density at radius 1 is 0.867 bits per heavy atom. The molecule has 0 aromatic rings. The smallest absolute Gasteiger partial charge is 0.0243 e. The predicted molar refractivity (Wildman–Crippen MR) is 66.3 cm³/mol. The molecule has 1 fully saturated rings. The molecule has 3 heteroatoms. The van der Waals surface area contributed by atoms with E-state index in [0.29, 0.717) is 6.04 Å². The third-order valence-electron chi connectivity index (χ3n) is 3.53. The van der Waals surface area contributed by atoms with Crippen molar-refractivity contribution >= 4 is 0 Å². The molecule has 0 amide bonds. The van der Waals surface area contributed by atoms with Crippen LogP contribution in [-0.2, 0) is 0 Å². The Morgan fingerprint density at radius 3 is 2.00 bits per heavy atom. The lowest BCUT2D eigenvalue weighted by Gasteiger charge is -2.33. The minimum Gasteiger partial charge on any atom is -0.304 e. The molecule has 0 saturated carbocycles. The first-order valence-electron chi connectivity index (χ1n) is 6.08. The maximum absolute atomic E-state index is 2.52. The average Bonchev–Trinajstić information content (AvgIpc) is 2.23. The van der Waals surface area contributed by atoms with E-state index in [1.165, 1.54) is 32.7 Å². The van der Waals surface area contributed by atoms with Gasteiger partial charge in [0.2, 0.25) is 0 Å². The van der Waals surface area contributed by atoms with Crippen LogP contribution in [-0.4, -0.2) is 74.6 Å². The summed E-state index contributed by atoms with van der Waals surface area (Å²) in [5, 5.41) is 0. The van der Waals surface area contributed by atoms with E-state index in [-0.39, 0.29) is 0 Å². The monoisotopic (exact) mass is 213 g/mol. The van der Waals surface area contributed by atoms with Crippen molar-refractivity contribution in [3.05, 3.63) is 0 Å². The Hall–Kier alpha value is -0.120. The van der Waals surface area contributed by atoms with E-state index in [0.717, 1.165) is 5.92 Å². The van der Waals surface area contributed by atoms with E-state index in [1.54, 1.807) is 0 Å². The zero-order valence-corrected chi connectivity index (χ0v) is 11.0. The number of rotatable bonds is 1. The van der Waals surface area contributed by atoms with Crippen molar-refractivity contribution < 1.29 is 0 Å². The predicted octanol–water partition coefficient (Wildman–Crippen LogP) is 0.820. The minimum absolute atomic E-state index is 0.696. The van der Waals surface area contributed by atoms with Gasteiger partial charge in [0.05, 0.1) is 0 Å². The summed E-state index contributed by atoms with van der Waals surface area (Å²) < 4.78 is 0. The van der Waals surface area contributed by atoms with Gasteiger partial charge in [-0.2, -0.15) is 0 Å². The zero-order chi connectivity index (χ0) is 11.4. The van der Waals surface area contributed by atoms with Crippen molar-refractivity contribution in [2.75, 3.05) is 53.9 Å². The highest BCUT2D eigenvalue weighted by Gasteiger charge is 2.21. The van der Waals surface area contributed by atoms with E-state index >= 15 is 0 Å². The molecule has 1 rings (SSSR count). The number of nitrogens with zero attached hydrogens (tertiary/aromatic N) is 3. The lowest BCUT2D eigenvalue weighted by molar-refractivity contribution is 0.152. The first-order valence-corrected chi connectivity index (χ1v) is 6.08. The minimum atomic E-state index is 0.696. The first kappa shape index (κ1) is 12.9. The van der Waals surface area contributed by atoms with E-state index in [4.69, 9.17) is 0 Å². The van der Waals surface area contributed by atoms with Gasteiger partial charge in [0.15, 0.2) is 0 Å². The molecular formula is C12H27N3. The molecule has 3 nitrogen and oxygen atoms in total. The summed E-state index contributed by atoms with van der Waals surface area (Å²) in [6, 6.07) is 0.696. The number of likely N-dealkylation sites (N-methyl/N-ethyl adjacent to an activating group) is 3. The average molecular weight is 213 g/mol. The lowest BCUT2D eigenvalue weighted by Crippen LogP contribution is -2.44. The van der Waals surface area contributed by atoms with Gasteiger partial charge < -0.3 is 14.7 Å². The van der Waals surface area contributed by atoms with Crippen LogP contribution in [0.5, 0.6) is 0 Å². The van der Waals surface area contributed by atoms with Gasteiger partial charge in [-0.25, -0.2) is 0 Å². The second kappa shape index (κ2) is 5.83. The van der Waals surface area contributed by atoms with E-state index in [1.807, 2.05) is 0 Å². The number of hydrogen-bond acceptors (Lipinski definition) is 3. The molecule has 0 bridgehead atoms. The van der Waals surface area contributed by atoms with Gasteiger partial charge in [-0.3, -0.25) is 0 Å². The SMILES string of the molecule is CC(C)[C@H]1CN(C)CCN(C)CCN1C. The van der Waals surface area contributed by atoms with Gasteiger partial charge in [-0.15, -0.1) is 0 Å². The highest BCUT2D eigenvalue weighted by Crippen LogP contribution is 2.11. The topological polar surface area (TPSA) is 9.72 Å². The molecule has 90 valence electrons. The molecule has 0 aromatic heterocycles. The normalized spacial score (nSPS) is 28.8. The Balaban J connectivity index is 2.62. The zero-order valence-electron chi connectivity index (χ0n) is 11.0. The van der Waals surface area contributed by atoms with Crippen molar-refractivity contribution in [2.45, 2.75) is 19.9 Å². The summed E-state index contributed by atoms with van der Waals surface area (Å²) in [4.78, 5) is 7.40. The summed E-state index contributed by atoms with van der Waals surface area (Å²) in [5.41, 5.74) is 0. The second-order valence-electron chi connectivity index (χ2n) is 5.36. The van der Waals surface area contributed by atoms with Crippen molar-refractivity contribution in [1.29, 1.82) is 0 Å². The fourth-order valence-electron chi connectivity index (χ4n) is 2.22. The first-order chi connectivity index (χ1) is 7.00. The van der Waals surface area contributed by atoms with Crippen LogP contribution in [0.1, 0.15) is 13.8 Å². The maximum Gasteiger partial charge on any atom is 0.0243 e. The van der Waals surface area contributed by atoms with Crippen LogP contribution < -0.4 is 0 Å². The summed E-state index contributed by atoms with van der Waals surface area (Å²) >= 11 is 0. The Bertz CT molecular complexity index is 182. The van der Waals surface area contributed by atoms with Gasteiger partial charge in [0, 0.05) is 38.8 Å². The quantitative estimate of drug-likeness (QED) is 0.638. The maximum atomic E-state index is 2.52. The van der Waals surface area contributed by atoms with Crippen LogP contribution >= 0.6 is 0 Å². The summed E-state index contributed by atoms with van der Waals surface area (Å²) in [7, 11) is 6.72. The van der Waals surface area contributed by atoms with Gasteiger partial charge in [0.25, 0.3) is 0 Å². The third-order valence-corrected chi connectivity index (χ3v) is 3.53. The molecule has 1 heterocycles. The van der Waals surface area contributed by atoms with Crippen molar-refractivity contribution in [3.63, 3.8) is 0 Å². The molecule has 0 unspecified atom stereocenters. The molecule has 0 aliphatic carbocycles. The van der Waals surface area contributed by atoms with Crippen LogP contribution in [0.15, 0.2) is 0 Å². The van der Waals surface area contributed by atoms with Crippen LogP contribution in [0.3, 0.4) is 0 Å². The van der Waals surface area contributed by atoms with Gasteiger partial charge >= 0.3 is 0 Å². The molecule has 1 saturated heterocycles.